The van der Waals surface area contributed by atoms with E-state index in [-0.39, 0.29) is 12.5 Å². The smallest absolute Gasteiger partial charge is 0.323 e. The Bertz CT molecular complexity index is 450. The third-order valence-corrected chi connectivity index (χ3v) is 5.29. The molecule has 2 aliphatic heterocycles. The second kappa shape index (κ2) is 5.50. The molecule has 0 aliphatic carbocycles. The van der Waals surface area contributed by atoms with E-state index in [1.807, 2.05) is 6.92 Å². The Morgan fingerprint density at radius 1 is 1.56 bits per heavy atom. The molecule has 0 spiro atoms. The molecule has 2 aliphatic rings. The molecule has 2 fully saturated rings. The van der Waals surface area contributed by atoms with Crippen LogP contribution in [0, 0.1) is 0 Å². The summed E-state index contributed by atoms with van der Waals surface area (Å²) < 4.78 is 0.327. The van der Waals surface area contributed by atoms with E-state index in [4.69, 9.17) is 17.3 Å². The van der Waals surface area contributed by atoms with Gasteiger partial charge in [0.15, 0.2) is 0 Å². The van der Waals surface area contributed by atoms with Crippen LogP contribution in [-0.4, -0.2) is 56.5 Å². The van der Waals surface area contributed by atoms with Crippen LogP contribution in [0.4, 0.5) is 0 Å². The quantitative estimate of drug-likeness (QED) is 0.620. The summed E-state index contributed by atoms with van der Waals surface area (Å²) in [4.78, 5) is 26.7. The predicted molar refractivity (Wildman–Crippen MR) is 76.3 cm³/mol. The summed E-state index contributed by atoms with van der Waals surface area (Å²) >= 11 is 7.90. The summed E-state index contributed by atoms with van der Waals surface area (Å²) in [5.41, 5.74) is 0. The van der Waals surface area contributed by atoms with Crippen LogP contribution >= 0.6 is 35.7 Å². The molecule has 0 saturated carbocycles. The van der Waals surface area contributed by atoms with Gasteiger partial charge in [-0.25, -0.2) is 0 Å². The van der Waals surface area contributed by atoms with Crippen LogP contribution in [0.3, 0.4) is 0 Å². The van der Waals surface area contributed by atoms with Crippen LogP contribution in [0.1, 0.15) is 6.92 Å². The number of carboxylic acid groups (broad SMARTS) is 1. The molecule has 0 atom stereocenters. The fourth-order valence-electron chi connectivity index (χ4n) is 1.75. The SMILES string of the molecule is CCN1CCSC1=C1SC(=S)N(CC(=O)O)C1=O. The molecule has 0 aromatic rings. The molecular weight excluding hydrogens is 292 g/mol. The van der Waals surface area contributed by atoms with Gasteiger partial charge in [0.1, 0.15) is 15.8 Å². The largest absolute Gasteiger partial charge is 0.480 e. The van der Waals surface area contributed by atoms with E-state index in [2.05, 4.69) is 4.90 Å². The van der Waals surface area contributed by atoms with Gasteiger partial charge in [-0.15, -0.1) is 11.8 Å². The molecule has 2 saturated heterocycles. The lowest BCUT2D eigenvalue weighted by atomic mass is 10.4. The Balaban J connectivity index is 2.27. The zero-order valence-corrected chi connectivity index (χ0v) is 12.2. The molecule has 0 unspecified atom stereocenters. The van der Waals surface area contributed by atoms with E-state index in [1.54, 1.807) is 11.8 Å². The monoisotopic (exact) mass is 304 g/mol. The molecule has 8 heteroatoms. The Morgan fingerprint density at radius 2 is 2.28 bits per heavy atom. The topological polar surface area (TPSA) is 60.9 Å². The summed E-state index contributed by atoms with van der Waals surface area (Å²) in [6.07, 6.45) is 0. The minimum atomic E-state index is -1.05. The zero-order chi connectivity index (χ0) is 13.3. The van der Waals surface area contributed by atoms with Crippen molar-refractivity contribution in [2.45, 2.75) is 6.92 Å². The van der Waals surface area contributed by atoms with Crippen molar-refractivity contribution in [3.8, 4) is 0 Å². The minimum Gasteiger partial charge on any atom is -0.480 e. The second-order valence-electron chi connectivity index (χ2n) is 3.72. The molecule has 98 valence electrons. The van der Waals surface area contributed by atoms with Crippen LogP contribution < -0.4 is 0 Å². The number of carboxylic acids is 1. The lowest BCUT2D eigenvalue weighted by Crippen LogP contribution is -2.33. The number of hydrogen-bond acceptors (Lipinski definition) is 6. The van der Waals surface area contributed by atoms with Crippen LogP contribution in [0.15, 0.2) is 9.93 Å². The van der Waals surface area contributed by atoms with E-state index in [0.29, 0.717) is 9.23 Å². The average Bonchev–Trinajstić information content (AvgIpc) is 2.88. The van der Waals surface area contributed by atoms with Crippen molar-refractivity contribution in [1.29, 1.82) is 0 Å². The fraction of sp³-hybridized carbons (Fsp3) is 0.500. The minimum absolute atomic E-state index is 0.282. The van der Waals surface area contributed by atoms with E-state index in [9.17, 15) is 9.59 Å². The number of aliphatic carboxylic acids is 1. The number of carbonyl (C=O) groups is 2. The van der Waals surface area contributed by atoms with Gasteiger partial charge in [-0.05, 0) is 6.92 Å². The Hall–Kier alpha value is -0.730. The number of amides is 1. The standard InChI is InChI=1S/C10H12N2O3S3/c1-2-11-3-4-17-9(11)7-8(15)12(5-6(13)14)10(16)18-7/h2-5H2,1H3,(H,13,14). The number of nitrogens with zero attached hydrogens (tertiary/aromatic N) is 2. The summed E-state index contributed by atoms with van der Waals surface area (Å²) in [5.74, 6) is -0.383. The molecule has 1 amide bonds. The number of thioether (sulfide) groups is 2. The second-order valence-corrected chi connectivity index (χ2v) is 6.44. The fourth-order valence-corrected chi connectivity index (χ4v) is 4.43. The third kappa shape index (κ3) is 2.50. The number of thiocarbonyl (C=S) groups is 1. The Kier molecular flexibility index (Phi) is 4.18. The maximum Gasteiger partial charge on any atom is 0.323 e. The predicted octanol–water partition coefficient (Wildman–Crippen LogP) is 1.17. The Labute approximate surface area is 119 Å². The molecule has 0 radical (unpaired) electrons. The van der Waals surface area contributed by atoms with Gasteiger partial charge >= 0.3 is 5.97 Å². The van der Waals surface area contributed by atoms with Crippen molar-refractivity contribution < 1.29 is 14.7 Å². The zero-order valence-electron chi connectivity index (χ0n) is 9.71. The highest BCUT2D eigenvalue weighted by molar-refractivity contribution is 8.27. The molecule has 2 heterocycles. The van der Waals surface area contributed by atoms with Gasteiger partial charge in [0, 0.05) is 18.8 Å². The van der Waals surface area contributed by atoms with E-state index >= 15 is 0 Å². The molecule has 1 N–H and O–H groups in total. The highest BCUT2D eigenvalue weighted by Gasteiger charge is 2.37. The first-order valence-corrected chi connectivity index (χ1v) is 7.63. The van der Waals surface area contributed by atoms with E-state index in [0.717, 1.165) is 28.8 Å². The van der Waals surface area contributed by atoms with E-state index < -0.39 is 5.97 Å². The first-order valence-electron chi connectivity index (χ1n) is 5.42. The van der Waals surface area contributed by atoms with Crippen LogP contribution in [0.5, 0.6) is 0 Å². The molecule has 5 nitrogen and oxygen atoms in total. The molecule has 0 aromatic carbocycles. The summed E-state index contributed by atoms with van der Waals surface area (Å²) in [6.45, 7) is 3.42. The van der Waals surface area contributed by atoms with Crippen LogP contribution in [0.25, 0.3) is 0 Å². The third-order valence-electron chi connectivity index (χ3n) is 2.61. The van der Waals surface area contributed by atoms with Gasteiger partial charge in [0.2, 0.25) is 0 Å². The van der Waals surface area contributed by atoms with Gasteiger partial charge in [-0.1, -0.05) is 24.0 Å². The summed E-state index contributed by atoms with van der Waals surface area (Å²) in [6, 6.07) is 0. The van der Waals surface area contributed by atoms with E-state index in [1.165, 1.54) is 11.8 Å². The average molecular weight is 304 g/mol. The molecule has 0 bridgehead atoms. The highest BCUT2D eigenvalue weighted by Crippen LogP contribution is 2.40. The maximum absolute atomic E-state index is 12.2. The first kappa shape index (κ1) is 13.7. The number of carbonyl (C=O) groups excluding carboxylic acids is 1. The Morgan fingerprint density at radius 3 is 2.89 bits per heavy atom. The van der Waals surface area contributed by atoms with Crippen molar-refractivity contribution >= 4 is 51.9 Å². The number of hydrogen-bond donors (Lipinski definition) is 1. The maximum atomic E-state index is 12.2. The highest BCUT2D eigenvalue weighted by atomic mass is 32.2. The van der Waals surface area contributed by atoms with Crippen molar-refractivity contribution in [3.05, 3.63) is 9.93 Å². The summed E-state index contributed by atoms with van der Waals surface area (Å²) in [5, 5.41) is 9.70. The molecular formula is C10H12N2O3S3. The lowest BCUT2D eigenvalue weighted by molar-refractivity contribution is -0.140. The van der Waals surface area contributed by atoms with Gasteiger partial charge < -0.3 is 10.0 Å². The van der Waals surface area contributed by atoms with Crippen molar-refractivity contribution in [3.63, 3.8) is 0 Å². The normalized spacial score (nSPS) is 24.3. The molecule has 18 heavy (non-hydrogen) atoms. The van der Waals surface area contributed by atoms with Gasteiger partial charge in [-0.2, -0.15) is 0 Å². The molecule has 2 rings (SSSR count). The lowest BCUT2D eigenvalue weighted by Gasteiger charge is -2.17. The van der Waals surface area contributed by atoms with Gasteiger partial charge in [0.25, 0.3) is 5.91 Å². The summed E-state index contributed by atoms with van der Waals surface area (Å²) in [7, 11) is 0. The van der Waals surface area contributed by atoms with Gasteiger partial charge in [0.05, 0.1) is 5.03 Å². The van der Waals surface area contributed by atoms with Crippen LogP contribution in [0.2, 0.25) is 0 Å². The van der Waals surface area contributed by atoms with Crippen molar-refractivity contribution in [1.82, 2.24) is 9.80 Å². The van der Waals surface area contributed by atoms with Crippen molar-refractivity contribution in [2.75, 3.05) is 25.4 Å². The molecule has 0 aromatic heterocycles. The first-order chi connectivity index (χ1) is 8.54. The number of rotatable bonds is 3. The van der Waals surface area contributed by atoms with Crippen LogP contribution in [-0.2, 0) is 9.59 Å². The van der Waals surface area contributed by atoms with Gasteiger partial charge in [-0.3, -0.25) is 14.5 Å². The van der Waals surface area contributed by atoms with Crippen molar-refractivity contribution in [2.24, 2.45) is 0 Å².